The third-order valence-corrected chi connectivity index (χ3v) is 3.65. The number of rotatable bonds is 5. The molecule has 3 rings (SSSR count). The predicted molar refractivity (Wildman–Crippen MR) is 92.7 cm³/mol. The number of hydrogen-bond donors (Lipinski definition) is 1. The first-order chi connectivity index (χ1) is 12.1. The van der Waals surface area contributed by atoms with Crippen molar-refractivity contribution in [2.75, 3.05) is 11.9 Å². The standard InChI is InChI=1S/C17H15ClN4O3/c1-2-25-14(23)10-11-6-3-4-7-12(11)19-16(24)15-13-8-5-9-22(13)21-17(18)20-15/h3-9H,2,10H2,1H3,(H,19,24). The van der Waals surface area contributed by atoms with Crippen LogP contribution in [0.4, 0.5) is 5.69 Å². The fourth-order valence-corrected chi connectivity index (χ4v) is 2.59. The van der Waals surface area contributed by atoms with Crippen molar-refractivity contribution in [3.05, 3.63) is 59.1 Å². The van der Waals surface area contributed by atoms with E-state index in [1.165, 1.54) is 4.52 Å². The lowest BCUT2D eigenvalue weighted by Crippen LogP contribution is -2.18. The van der Waals surface area contributed by atoms with Crippen LogP contribution in [0.5, 0.6) is 0 Å². The van der Waals surface area contributed by atoms with Crippen LogP contribution in [0, 0.1) is 0 Å². The van der Waals surface area contributed by atoms with Crippen LogP contribution in [0.1, 0.15) is 23.0 Å². The SMILES string of the molecule is CCOC(=O)Cc1ccccc1NC(=O)c1nc(Cl)nn2cccc12. The lowest BCUT2D eigenvalue weighted by atomic mass is 10.1. The normalized spacial score (nSPS) is 10.6. The minimum absolute atomic E-state index is 0.0336. The van der Waals surface area contributed by atoms with Gasteiger partial charge in [0.2, 0.25) is 5.28 Å². The van der Waals surface area contributed by atoms with Crippen molar-refractivity contribution in [2.45, 2.75) is 13.3 Å². The Balaban J connectivity index is 1.88. The molecule has 0 aliphatic rings. The summed E-state index contributed by atoms with van der Waals surface area (Å²) in [5.41, 5.74) is 1.85. The van der Waals surface area contributed by atoms with E-state index in [4.69, 9.17) is 16.3 Å². The highest BCUT2D eigenvalue weighted by molar-refractivity contribution is 6.28. The molecule has 128 valence electrons. The number of ether oxygens (including phenoxy) is 1. The molecule has 2 heterocycles. The van der Waals surface area contributed by atoms with Gasteiger partial charge in [0.15, 0.2) is 5.69 Å². The van der Waals surface area contributed by atoms with Crippen molar-refractivity contribution in [1.82, 2.24) is 14.6 Å². The molecule has 1 N–H and O–H groups in total. The smallest absolute Gasteiger partial charge is 0.310 e. The summed E-state index contributed by atoms with van der Waals surface area (Å²) in [6, 6.07) is 10.5. The molecule has 8 heteroatoms. The summed E-state index contributed by atoms with van der Waals surface area (Å²) < 4.78 is 6.44. The molecule has 3 aromatic rings. The Kier molecular flexibility index (Phi) is 4.95. The maximum Gasteiger partial charge on any atom is 0.310 e. The minimum atomic E-state index is -0.440. The zero-order valence-corrected chi connectivity index (χ0v) is 14.2. The number of hydrogen-bond acceptors (Lipinski definition) is 5. The highest BCUT2D eigenvalue weighted by atomic mass is 35.5. The average molecular weight is 359 g/mol. The molecule has 1 amide bonds. The van der Waals surface area contributed by atoms with Crippen LogP contribution in [0.15, 0.2) is 42.6 Å². The Morgan fingerprint density at radius 3 is 2.84 bits per heavy atom. The number of anilines is 1. The quantitative estimate of drug-likeness (QED) is 0.709. The van der Waals surface area contributed by atoms with E-state index < -0.39 is 5.91 Å². The number of fused-ring (bicyclic) bond motifs is 1. The predicted octanol–water partition coefficient (Wildman–Crippen LogP) is 2.74. The molecule has 0 radical (unpaired) electrons. The van der Waals surface area contributed by atoms with Crippen molar-refractivity contribution >= 4 is 34.7 Å². The van der Waals surface area contributed by atoms with Gasteiger partial charge < -0.3 is 10.1 Å². The summed E-state index contributed by atoms with van der Waals surface area (Å²) in [6.45, 7) is 2.05. The van der Waals surface area contributed by atoms with E-state index >= 15 is 0 Å². The van der Waals surface area contributed by atoms with Crippen molar-refractivity contribution in [3.8, 4) is 0 Å². The second-order valence-corrected chi connectivity index (χ2v) is 5.50. The lowest BCUT2D eigenvalue weighted by Gasteiger charge is -2.11. The lowest BCUT2D eigenvalue weighted by molar-refractivity contribution is -0.142. The van der Waals surface area contributed by atoms with Crippen molar-refractivity contribution in [2.24, 2.45) is 0 Å². The van der Waals surface area contributed by atoms with E-state index in [9.17, 15) is 9.59 Å². The van der Waals surface area contributed by atoms with Crippen LogP contribution < -0.4 is 5.32 Å². The molecule has 0 saturated carbocycles. The minimum Gasteiger partial charge on any atom is -0.466 e. The van der Waals surface area contributed by atoms with Gasteiger partial charge in [-0.3, -0.25) is 9.59 Å². The summed E-state index contributed by atoms with van der Waals surface area (Å²) in [5.74, 6) is -0.799. The van der Waals surface area contributed by atoms with Gasteiger partial charge in [-0.2, -0.15) is 0 Å². The second-order valence-electron chi connectivity index (χ2n) is 5.16. The third kappa shape index (κ3) is 3.77. The summed E-state index contributed by atoms with van der Waals surface area (Å²) in [4.78, 5) is 28.4. The maximum atomic E-state index is 12.7. The summed E-state index contributed by atoms with van der Waals surface area (Å²) >= 11 is 5.88. The van der Waals surface area contributed by atoms with Gasteiger partial charge in [-0.25, -0.2) is 9.50 Å². The van der Waals surface area contributed by atoms with Gasteiger partial charge in [0, 0.05) is 11.9 Å². The summed E-state index contributed by atoms with van der Waals surface area (Å²) in [6.07, 6.45) is 1.74. The Morgan fingerprint density at radius 2 is 2.04 bits per heavy atom. The Labute approximate surface area is 148 Å². The molecule has 0 saturated heterocycles. The molecule has 0 aliphatic carbocycles. The van der Waals surface area contributed by atoms with E-state index in [2.05, 4.69) is 15.4 Å². The highest BCUT2D eigenvalue weighted by Crippen LogP contribution is 2.19. The fourth-order valence-electron chi connectivity index (χ4n) is 2.42. The topological polar surface area (TPSA) is 85.6 Å². The number of esters is 1. The largest absolute Gasteiger partial charge is 0.466 e. The molecule has 0 fully saturated rings. The van der Waals surface area contributed by atoms with Crippen LogP contribution in [0.3, 0.4) is 0 Å². The first kappa shape index (κ1) is 16.9. The number of halogens is 1. The van der Waals surface area contributed by atoms with E-state index in [1.807, 2.05) is 0 Å². The van der Waals surface area contributed by atoms with Crippen molar-refractivity contribution < 1.29 is 14.3 Å². The van der Waals surface area contributed by atoms with E-state index in [0.717, 1.165) is 0 Å². The maximum absolute atomic E-state index is 12.7. The van der Waals surface area contributed by atoms with E-state index in [0.29, 0.717) is 23.4 Å². The molecule has 0 aliphatic heterocycles. The number of nitrogens with one attached hydrogen (secondary N) is 1. The first-order valence-corrected chi connectivity index (χ1v) is 8.02. The Hall–Kier alpha value is -2.93. The number of carbonyl (C=O) groups excluding carboxylic acids is 2. The zero-order valence-electron chi connectivity index (χ0n) is 13.4. The van der Waals surface area contributed by atoms with Crippen LogP contribution in [-0.2, 0) is 16.0 Å². The molecular formula is C17H15ClN4O3. The molecule has 7 nitrogen and oxygen atoms in total. The van der Waals surface area contributed by atoms with Gasteiger partial charge >= 0.3 is 5.97 Å². The fraction of sp³-hybridized carbons (Fsp3) is 0.176. The number of carbonyl (C=O) groups is 2. The summed E-state index contributed by atoms with van der Waals surface area (Å²) in [5, 5.41) is 6.73. The zero-order chi connectivity index (χ0) is 17.8. The highest BCUT2D eigenvalue weighted by Gasteiger charge is 2.17. The molecule has 25 heavy (non-hydrogen) atoms. The van der Waals surface area contributed by atoms with Gasteiger partial charge in [-0.05, 0) is 42.3 Å². The Bertz CT molecular complexity index is 939. The number of para-hydroxylation sites is 1. The van der Waals surface area contributed by atoms with Gasteiger partial charge in [-0.15, -0.1) is 5.10 Å². The van der Waals surface area contributed by atoms with Crippen molar-refractivity contribution in [1.29, 1.82) is 0 Å². The second kappa shape index (κ2) is 7.31. The van der Waals surface area contributed by atoms with E-state index in [1.54, 1.807) is 49.5 Å². The summed E-state index contributed by atoms with van der Waals surface area (Å²) in [7, 11) is 0. The molecule has 0 spiro atoms. The van der Waals surface area contributed by atoms with Gasteiger partial charge in [0.1, 0.15) is 0 Å². The van der Waals surface area contributed by atoms with Gasteiger partial charge in [0.25, 0.3) is 5.91 Å². The molecule has 0 bridgehead atoms. The monoisotopic (exact) mass is 358 g/mol. The number of nitrogens with zero attached hydrogens (tertiary/aromatic N) is 3. The van der Waals surface area contributed by atoms with Gasteiger partial charge in [-0.1, -0.05) is 18.2 Å². The molecule has 2 aromatic heterocycles. The first-order valence-electron chi connectivity index (χ1n) is 7.64. The molecule has 0 atom stereocenters. The van der Waals surface area contributed by atoms with E-state index in [-0.39, 0.29) is 23.4 Å². The average Bonchev–Trinajstić information content (AvgIpc) is 3.04. The van der Waals surface area contributed by atoms with Crippen LogP contribution in [0.25, 0.3) is 5.52 Å². The van der Waals surface area contributed by atoms with Crippen molar-refractivity contribution in [3.63, 3.8) is 0 Å². The van der Waals surface area contributed by atoms with Crippen LogP contribution in [0.2, 0.25) is 5.28 Å². The molecule has 1 aromatic carbocycles. The van der Waals surface area contributed by atoms with Crippen LogP contribution >= 0.6 is 11.6 Å². The number of aromatic nitrogens is 3. The molecule has 0 unspecified atom stereocenters. The Morgan fingerprint density at radius 1 is 1.24 bits per heavy atom. The van der Waals surface area contributed by atoms with Crippen LogP contribution in [-0.4, -0.2) is 33.1 Å². The number of benzene rings is 1. The third-order valence-electron chi connectivity index (χ3n) is 3.49. The number of amides is 1. The van der Waals surface area contributed by atoms with Gasteiger partial charge in [0.05, 0.1) is 18.5 Å². The molecular weight excluding hydrogens is 344 g/mol.